The normalized spacial score (nSPS) is 11.4. The van der Waals surface area contributed by atoms with Crippen LogP contribution in [-0.4, -0.2) is 0 Å². The van der Waals surface area contributed by atoms with Crippen molar-refractivity contribution in [2.45, 2.75) is 0 Å². The summed E-state index contributed by atoms with van der Waals surface area (Å²) >= 11 is 0. The summed E-state index contributed by atoms with van der Waals surface area (Å²) < 4.78 is 0. The van der Waals surface area contributed by atoms with Gasteiger partial charge >= 0.3 is 0 Å². The molecule has 0 aliphatic carbocycles. The molecule has 0 bridgehead atoms. The smallest absolute Gasteiger partial charge is 0.0540 e. The lowest BCUT2D eigenvalue weighted by Gasteiger charge is -2.28. The highest BCUT2D eigenvalue weighted by molar-refractivity contribution is 6.15. The fraction of sp³-hybridized carbons (Fsp3) is 0. The third-order valence-corrected chi connectivity index (χ3v) is 11.8. The molecule has 0 heterocycles. The molecule has 0 unspecified atom stereocenters. The maximum Gasteiger partial charge on any atom is 0.0540 e. The van der Waals surface area contributed by atoms with E-state index >= 15 is 0 Å². The predicted molar refractivity (Wildman–Crippen MR) is 253 cm³/mol. The summed E-state index contributed by atoms with van der Waals surface area (Å²) in [5.41, 5.74) is 12.9. The lowest BCUT2D eigenvalue weighted by Crippen LogP contribution is -2.11. The lowest BCUT2D eigenvalue weighted by atomic mass is 9.89. The number of hydrogen-bond acceptors (Lipinski definition) is 1. The minimum atomic E-state index is 1.09. The monoisotopic (exact) mass is 749 g/mol. The van der Waals surface area contributed by atoms with Gasteiger partial charge in [-0.15, -0.1) is 0 Å². The zero-order valence-electron chi connectivity index (χ0n) is 32.5. The number of para-hydroxylation sites is 1. The van der Waals surface area contributed by atoms with Crippen LogP contribution >= 0.6 is 0 Å². The van der Waals surface area contributed by atoms with Gasteiger partial charge in [-0.1, -0.05) is 194 Å². The van der Waals surface area contributed by atoms with Gasteiger partial charge in [-0.2, -0.15) is 0 Å². The van der Waals surface area contributed by atoms with Crippen LogP contribution in [0.15, 0.2) is 237 Å². The number of fused-ring (bicyclic) bond motifs is 6. The lowest BCUT2D eigenvalue weighted by molar-refractivity contribution is 1.28. The molecule has 0 saturated carbocycles. The van der Waals surface area contributed by atoms with Crippen LogP contribution in [0.4, 0.5) is 17.1 Å². The van der Waals surface area contributed by atoms with E-state index < -0.39 is 0 Å². The molecule has 11 aromatic rings. The fourth-order valence-corrected chi connectivity index (χ4v) is 9.10. The van der Waals surface area contributed by atoms with Crippen molar-refractivity contribution in [3.05, 3.63) is 237 Å². The van der Waals surface area contributed by atoms with E-state index in [2.05, 4.69) is 241 Å². The van der Waals surface area contributed by atoms with Crippen LogP contribution in [0.25, 0.3) is 87.6 Å². The Morgan fingerprint density at radius 1 is 0.220 bits per heavy atom. The van der Waals surface area contributed by atoms with E-state index in [0.717, 1.165) is 17.1 Å². The zero-order chi connectivity index (χ0) is 39.1. The third-order valence-electron chi connectivity index (χ3n) is 11.8. The van der Waals surface area contributed by atoms with Crippen molar-refractivity contribution in [1.82, 2.24) is 0 Å². The highest BCUT2D eigenvalue weighted by Gasteiger charge is 2.20. The number of anilines is 3. The number of hydrogen-bond donors (Lipinski definition) is 0. The molecule has 0 saturated heterocycles. The van der Waals surface area contributed by atoms with Crippen LogP contribution in [0.3, 0.4) is 0 Å². The van der Waals surface area contributed by atoms with E-state index in [1.165, 1.54) is 87.6 Å². The Morgan fingerprint density at radius 3 is 1.37 bits per heavy atom. The maximum absolute atomic E-state index is 2.42. The molecule has 0 aliphatic heterocycles. The highest BCUT2D eigenvalue weighted by atomic mass is 15.1. The third kappa shape index (κ3) is 6.12. The van der Waals surface area contributed by atoms with Gasteiger partial charge in [0.15, 0.2) is 0 Å². The van der Waals surface area contributed by atoms with Crippen LogP contribution in [0.2, 0.25) is 0 Å². The standard InChI is InChI=1S/C58H39N/c1-2-17-40(18-3-1)50-26-14-15-32-58(50)59(46-22-16-21-42(37-46)56-38-43-19-4-6-24-48(43)51-27-10-12-30-54(51)56)45-35-33-41(34-36-45)47-23-8-9-29-53(47)57-39-44-20-5-7-25-49(44)52-28-11-13-31-55(52)57/h1-39H. The Bertz CT molecular complexity index is 3320. The highest BCUT2D eigenvalue weighted by Crippen LogP contribution is 2.45. The number of nitrogens with zero attached hydrogens (tertiary/aromatic N) is 1. The van der Waals surface area contributed by atoms with E-state index in [-0.39, 0.29) is 0 Å². The summed E-state index contributed by atoms with van der Waals surface area (Å²) in [6, 6.07) is 86.2. The molecule has 0 aromatic heterocycles. The summed E-state index contributed by atoms with van der Waals surface area (Å²) in [5, 5.41) is 10.1. The molecule has 0 fully saturated rings. The molecule has 0 amide bonds. The Balaban J connectivity index is 1.07. The molecule has 11 rings (SSSR count). The minimum Gasteiger partial charge on any atom is -0.310 e. The van der Waals surface area contributed by atoms with Gasteiger partial charge in [-0.3, -0.25) is 0 Å². The molecular formula is C58H39N. The minimum absolute atomic E-state index is 1.09. The molecule has 0 N–H and O–H groups in total. The van der Waals surface area contributed by atoms with E-state index in [4.69, 9.17) is 0 Å². The first-order valence-electron chi connectivity index (χ1n) is 20.3. The van der Waals surface area contributed by atoms with Crippen molar-refractivity contribution in [2.24, 2.45) is 0 Å². The van der Waals surface area contributed by atoms with Crippen LogP contribution < -0.4 is 4.90 Å². The largest absolute Gasteiger partial charge is 0.310 e. The van der Waals surface area contributed by atoms with Crippen LogP contribution in [0.1, 0.15) is 0 Å². The van der Waals surface area contributed by atoms with Gasteiger partial charge < -0.3 is 4.90 Å². The molecule has 59 heavy (non-hydrogen) atoms. The first kappa shape index (κ1) is 34.5. The molecule has 1 nitrogen and oxygen atoms in total. The second-order valence-corrected chi connectivity index (χ2v) is 15.2. The van der Waals surface area contributed by atoms with Crippen molar-refractivity contribution in [3.63, 3.8) is 0 Å². The quantitative estimate of drug-likeness (QED) is 0.147. The van der Waals surface area contributed by atoms with Crippen LogP contribution in [0.5, 0.6) is 0 Å². The topological polar surface area (TPSA) is 3.24 Å². The van der Waals surface area contributed by atoms with E-state index in [0.29, 0.717) is 0 Å². The molecule has 11 aromatic carbocycles. The zero-order valence-corrected chi connectivity index (χ0v) is 32.5. The summed E-state index contributed by atoms with van der Waals surface area (Å²) in [6.07, 6.45) is 0. The van der Waals surface area contributed by atoms with Crippen molar-refractivity contribution < 1.29 is 0 Å². The Hall–Kier alpha value is -7.74. The van der Waals surface area contributed by atoms with Gasteiger partial charge in [0.25, 0.3) is 0 Å². The Morgan fingerprint density at radius 2 is 0.695 bits per heavy atom. The van der Waals surface area contributed by atoms with Crippen molar-refractivity contribution in [2.75, 3.05) is 4.90 Å². The molecule has 0 atom stereocenters. The summed E-state index contributed by atoms with van der Waals surface area (Å²) in [5.74, 6) is 0. The molecule has 0 spiro atoms. The van der Waals surface area contributed by atoms with E-state index in [9.17, 15) is 0 Å². The summed E-state index contributed by atoms with van der Waals surface area (Å²) in [7, 11) is 0. The summed E-state index contributed by atoms with van der Waals surface area (Å²) in [6.45, 7) is 0. The maximum atomic E-state index is 2.42. The van der Waals surface area contributed by atoms with E-state index in [1.54, 1.807) is 0 Å². The average molecular weight is 750 g/mol. The van der Waals surface area contributed by atoms with Gasteiger partial charge in [0, 0.05) is 16.9 Å². The molecule has 0 aliphatic rings. The first-order valence-corrected chi connectivity index (χ1v) is 20.3. The number of benzene rings is 11. The van der Waals surface area contributed by atoms with Gasteiger partial charge in [-0.05, 0) is 124 Å². The first-order chi connectivity index (χ1) is 29.3. The van der Waals surface area contributed by atoms with Crippen LogP contribution in [-0.2, 0) is 0 Å². The second kappa shape index (κ2) is 14.6. The van der Waals surface area contributed by atoms with Gasteiger partial charge in [0.05, 0.1) is 5.69 Å². The van der Waals surface area contributed by atoms with Gasteiger partial charge in [-0.25, -0.2) is 0 Å². The van der Waals surface area contributed by atoms with Crippen molar-refractivity contribution in [3.8, 4) is 44.5 Å². The van der Waals surface area contributed by atoms with Crippen molar-refractivity contribution >= 4 is 60.2 Å². The van der Waals surface area contributed by atoms with Gasteiger partial charge in [0.1, 0.15) is 0 Å². The molecule has 276 valence electrons. The molecular weight excluding hydrogens is 711 g/mol. The number of rotatable bonds is 7. The fourth-order valence-electron chi connectivity index (χ4n) is 9.10. The Kier molecular flexibility index (Phi) is 8.56. The average Bonchev–Trinajstić information content (AvgIpc) is 3.32. The summed E-state index contributed by atoms with van der Waals surface area (Å²) in [4.78, 5) is 2.42. The molecule has 0 radical (unpaired) electrons. The van der Waals surface area contributed by atoms with Gasteiger partial charge in [0.2, 0.25) is 0 Å². The second-order valence-electron chi connectivity index (χ2n) is 15.2. The van der Waals surface area contributed by atoms with Crippen molar-refractivity contribution in [1.29, 1.82) is 0 Å². The SMILES string of the molecule is c1ccc(-c2ccccc2N(c2ccc(-c3ccccc3-c3cc4ccccc4c4ccccc34)cc2)c2cccc(-c3cc4ccccc4c4ccccc34)c2)cc1. The Labute approximate surface area is 344 Å². The predicted octanol–water partition coefficient (Wildman–Crippen LogP) is 16.4. The van der Waals surface area contributed by atoms with Crippen LogP contribution in [0, 0.1) is 0 Å². The molecule has 1 heteroatoms. The van der Waals surface area contributed by atoms with E-state index in [1.807, 2.05) is 0 Å².